The quantitative estimate of drug-likeness (QED) is 0.685. The predicted octanol–water partition coefficient (Wildman–Crippen LogP) is 0.754. The first kappa shape index (κ1) is 12.3. The molecule has 0 fully saturated rings. The molecule has 0 radical (unpaired) electrons. The van der Waals surface area contributed by atoms with Crippen LogP contribution in [0.3, 0.4) is 0 Å². The van der Waals surface area contributed by atoms with Crippen LogP contribution in [0, 0.1) is 0 Å². The van der Waals surface area contributed by atoms with E-state index >= 15 is 0 Å². The molecule has 0 saturated carbocycles. The minimum atomic E-state index is -1.22. The molecular formula is C16H9O4-. The predicted molar refractivity (Wildman–Crippen MR) is 68.5 cm³/mol. The van der Waals surface area contributed by atoms with Crippen molar-refractivity contribution in [2.45, 2.75) is 6.42 Å². The van der Waals surface area contributed by atoms with Crippen molar-refractivity contribution in [2.75, 3.05) is 0 Å². The highest BCUT2D eigenvalue weighted by molar-refractivity contribution is 6.28. The summed E-state index contributed by atoms with van der Waals surface area (Å²) in [7, 11) is 0. The van der Waals surface area contributed by atoms with Crippen LogP contribution in [0.15, 0.2) is 42.5 Å². The van der Waals surface area contributed by atoms with Gasteiger partial charge in [0, 0.05) is 34.6 Å². The molecule has 1 aliphatic carbocycles. The molecule has 0 amide bonds. The van der Waals surface area contributed by atoms with Gasteiger partial charge in [-0.05, 0) is 11.6 Å². The lowest BCUT2D eigenvalue weighted by Crippen LogP contribution is -2.25. The smallest absolute Gasteiger partial charge is 0.194 e. The third-order valence-electron chi connectivity index (χ3n) is 3.34. The van der Waals surface area contributed by atoms with Crippen molar-refractivity contribution in [1.82, 2.24) is 0 Å². The first-order chi connectivity index (χ1) is 9.58. The van der Waals surface area contributed by atoms with E-state index in [-0.39, 0.29) is 23.6 Å². The molecule has 2 aromatic carbocycles. The van der Waals surface area contributed by atoms with Gasteiger partial charge >= 0.3 is 0 Å². The molecular weight excluding hydrogens is 256 g/mol. The van der Waals surface area contributed by atoms with Gasteiger partial charge in [0.15, 0.2) is 11.6 Å². The van der Waals surface area contributed by atoms with E-state index in [2.05, 4.69) is 0 Å². The minimum absolute atomic E-state index is 0.213. The van der Waals surface area contributed by atoms with E-state index in [1.54, 1.807) is 24.3 Å². The van der Waals surface area contributed by atoms with Crippen molar-refractivity contribution in [3.63, 3.8) is 0 Å². The Morgan fingerprint density at radius 1 is 0.850 bits per heavy atom. The van der Waals surface area contributed by atoms with E-state index in [0.717, 1.165) is 0 Å². The summed E-state index contributed by atoms with van der Waals surface area (Å²) in [5, 5.41) is 10.6. The molecule has 4 nitrogen and oxygen atoms in total. The molecule has 0 N–H and O–H groups in total. The lowest BCUT2D eigenvalue weighted by atomic mass is 9.83. The number of rotatable bonds is 2. The molecule has 0 saturated heterocycles. The molecule has 20 heavy (non-hydrogen) atoms. The Morgan fingerprint density at radius 3 is 2.00 bits per heavy atom. The van der Waals surface area contributed by atoms with Crippen molar-refractivity contribution in [3.05, 3.63) is 70.3 Å². The number of benzene rings is 2. The van der Waals surface area contributed by atoms with Crippen molar-refractivity contribution in [3.8, 4) is 0 Å². The Balaban J connectivity index is 2.16. The van der Waals surface area contributed by atoms with Crippen molar-refractivity contribution < 1.29 is 19.5 Å². The zero-order chi connectivity index (χ0) is 14.3. The Labute approximate surface area is 114 Å². The zero-order valence-corrected chi connectivity index (χ0v) is 10.4. The third-order valence-corrected chi connectivity index (χ3v) is 3.34. The first-order valence-electron chi connectivity index (χ1n) is 6.09. The number of hydrogen-bond donors (Lipinski definition) is 0. The SMILES string of the molecule is O=C([O-])Cc1ccc2c(c1)C(=O)c1ccccc1C2=O. The number of carboxylic acids is 1. The second-order valence-electron chi connectivity index (χ2n) is 4.63. The fraction of sp³-hybridized carbons (Fsp3) is 0.0625. The van der Waals surface area contributed by atoms with Gasteiger partial charge in [-0.1, -0.05) is 36.4 Å². The maximum atomic E-state index is 12.4. The number of ketones is 2. The monoisotopic (exact) mass is 265 g/mol. The van der Waals surface area contributed by atoms with E-state index in [1.165, 1.54) is 18.2 Å². The topological polar surface area (TPSA) is 74.3 Å². The highest BCUT2D eigenvalue weighted by atomic mass is 16.4. The molecule has 0 spiro atoms. The fourth-order valence-corrected chi connectivity index (χ4v) is 2.42. The summed E-state index contributed by atoms with van der Waals surface area (Å²) in [5.74, 6) is -1.69. The van der Waals surface area contributed by atoms with Gasteiger partial charge in [0.05, 0.1) is 0 Å². The molecule has 98 valence electrons. The molecule has 0 bridgehead atoms. The number of carbonyl (C=O) groups excluding carboxylic acids is 3. The van der Waals surface area contributed by atoms with Gasteiger partial charge in [-0.25, -0.2) is 0 Å². The second kappa shape index (κ2) is 4.42. The molecule has 4 heteroatoms. The van der Waals surface area contributed by atoms with Crippen LogP contribution in [-0.2, 0) is 11.2 Å². The average Bonchev–Trinajstić information content (AvgIpc) is 2.44. The lowest BCUT2D eigenvalue weighted by molar-refractivity contribution is -0.304. The van der Waals surface area contributed by atoms with E-state index in [0.29, 0.717) is 22.3 Å². The van der Waals surface area contributed by atoms with Crippen molar-refractivity contribution in [1.29, 1.82) is 0 Å². The maximum Gasteiger partial charge on any atom is 0.194 e. The molecule has 0 aromatic heterocycles. The molecule has 0 atom stereocenters. The molecule has 0 unspecified atom stereocenters. The highest BCUT2D eigenvalue weighted by Crippen LogP contribution is 2.27. The normalized spacial score (nSPS) is 12.8. The van der Waals surface area contributed by atoms with Crippen LogP contribution in [0.25, 0.3) is 0 Å². The summed E-state index contributed by atoms with van der Waals surface area (Å²) in [4.78, 5) is 35.3. The van der Waals surface area contributed by atoms with E-state index in [4.69, 9.17) is 0 Å². The minimum Gasteiger partial charge on any atom is -0.550 e. The number of carbonyl (C=O) groups is 3. The molecule has 3 rings (SSSR count). The van der Waals surface area contributed by atoms with Crippen LogP contribution in [0.5, 0.6) is 0 Å². The number of carboxylic acid groups (broad SMARTS) is 1. The molecule has 1 aliphatic rings. The van der Waals surface area contributed by atoms with Gasteiger partial charge < -0.3 is 9.90 Å². The van der Waals surface area contributed by atoms with Crippen LogP contribution in [0.2, 0.25) is 0 Å². The second-order valence-corrected chi connectivity index (χ2v) is 4.63. The first-order valence-corrected chi connectivity index (χ1v) is 6.09. The van der Waals surface area contributed by atoms with Gasteiger partial charge in [-0.2, -0.15) is 0 Å². The Kier molecular flexibility index (Phi) is 2.71. The largest absolute Gasteiger partial charge is 0.550 e. The summed E-state index contributed by atoms with van der Waals surface area (Å²) < 4.78 is 0. The Bertz CT molecular complexity index is 759. The Hall–Kier alpha value is -2.75. The van der Waals surface area contributed by atoms with Crippen LogP contribution in [0.4, 0.5) is 0 Å². The molecule has 2 aromatic rings. The van der Waals surface area contributed by atoms with Crippen molar-refractivity contribution >= 4 is 17.5 Å². The van der Waals surface area contributed by atoms with E-state index in [9.17, 15) is 19.5 Å². The fourth-order valence-electron chi connectivity index (χ4n) is 2.42. The summed E-state index contributed by atoms with van der Waals surface area (Å²) in [6.45, 7) is 0. The summed E-state index contributed by atoms with van der Waals surface area (Å²) >= 11 is 0. The third kappa shape index (κ3) is 1.82. The summed E-state index contributed by atoms with van der Waals surface area (Å²) in [6.07, 6.45) is -0.281. The van der Waals surface area contributed by atoms with Gasteiger partial charge in [-0.3, -0.25) is 9.59 Å². The number of fused-ring (bicyclic) bond motifs is 2. The number of hydrogen-bond acceptors (Lipinski definition) is 4. The van der Waals surface area contributed by atoms with E-state index < -0.39 is 5.97 Å². The van der Waals surface area contributed by atoms with E-state index in [1.807, 2.05) is 0 Å². The highest BCUT2D eigenvalue weighted by Gasteiger charge is 2.29. The summed E-state index contributed by atoms with van der Waals surface area (Å²) in [6, 6.07) is 11.1. The lowest BCUT2D eigenvalue weighted by Gasteiger charge is -2.18. The Morgan fingerprint density at radius 2 is 1.40 bits per heavy atom. The standard InChI is InChI=1S/C16H10O4/c17-14(18)8-9-5-6-12-13(7-9)16(20)11-4-2-1-3-10(11)15(12)19/h1-7H,8H2,(H,17,18)/p-1. The van der Waals surface area contributed by atoms with Crippen LogP contribution < -0.4 is 5.11 Å². The molecule has 0 aliphatic heterocycles. The summed E-state index contributed by atoms with van der Waals surface area (Å²) in [5.41, 5.74) is 1.76. The molecule has 0 heterocycles. The maximum absolute atomic E-state index is 12.4. The van der Waals surface area contributed by atoms with Gasteiger partial charge in [0.1, 0.15) is 0 Å². The number of aliphatic carboxylic acids is 1. The zero-order valence-electron chi connectivity index (χ0n) is 10.4. The van der Waals surface area contributed by atoms with Crippen LogP contribution in [-0.4, -0.2) is 17.5 Å². The van der Waals surface area contributed by atoms with Crippen molar-refractivity contribution in [2.24, 2.45) is 0 Å². The van der Waals surface area contributed by atoms with Crippen LogP contribution >= 0.6 is 0 Å². The van der Waals surface area contributed by atoms with Gasteiger partial charge in [0.2, 0.25) is 0 Å². The average molecular weight is 265 g/mol. The van der Waals surface area contributed by atoms with Crippen LogP contribution in [0.1, 0.15) is 37.4 Å². The van der Waals surface area contributed by atoms with Gasteiger partial charge in [-0.15, -0.1) is 0 Å². The van der Waals surface area contributed by atoms with Gasteiger partial charge in [0.25, 0.3) is 0 Å².